The van der Waals surface area contributed by atoms with E-state index in [9.17, 15) is 0 Å². The molecule has 1 aliphatic heterocycles. The highest BCUT2D eigenvalue weighted by atomic mass is 79.9. The zero-order valence-corrected chi connectivity index (χ0v) is 12.9. The van der Waals surface area contributed by atoms with Gasteiger partial charge in [-0.25, -0.2) is 4.68 Å². The molecule has 4 heteroatoms. The van der Waals surface area contributed by atoms with E-state index in [-0.39, 0.29) is 0 Å². The lowest BCUT2D eigenvalue weighted by Gasteiger charge is -2.26. The van der Waals surface area contributed by atoms with Crippen molar-refractivity contribution in [1.29, 1.82) is 0 Å². The first-order valence-electron chi connectivity index (χ1n) is 6.78. The maximum atomic E-state index is 4.76. The molecule has 1 atom stereocenters. The van der Waals surface area contributed by atoms with E-state index in [0.29, 0.717) is 6.04 Å². The maximum Gasteiger partial charge on any atom is 0.139 e. The van der Waals surface area contributed by atoms with Crippen LogP contribution in [0.4, 0.5) is 5.82 Å². The third-order valence-corrected chi connectivity index (χ3v) is 4.55. The first kappa shape index (κ1) is 12.7. The summed E-state index contributed by atoms with van der Waals surface area (Å²) in [5.74, 6) is 1.12. The van der Waals surface area contributed by atoms with Crippen LogP contribution in [0.3, 0.4) is 0 Å². The molecule has 0 amide bonds. The topological polar surface area (TPSA) is 29.9 Å². The fourth-order valence-electron chi connectivity index (χ4n) is 2.62. The molecule has 0 saturated heterocycles. The lowest BCUT2D eigenvalue weighted by Crippen LogP contribution is -2.24. The summed E-state index contributed by atoms with van der Waals surface area (Å²) in [5, 5.41) is 8.21. The predicted octanol–water partition coefficient (Wildman–Crippen LogP) is 3.92. The second-order valence-corrected chi connectivity index (χ2v) is 5.84. The smallest absolute Gasteiger partial charge is 0.139 e. The van der Waals surface area contributed by atoms with Crippen LogP contribution >= 0.6 is 15.9 Å². The molecule has 1 unspecified atom stereocenters. The maximum absolute atomic E-state index is 4.76. The van der Waals surface area contributed by atoms with E-state index in [1.165, 1.54) is 11.1 Å². The Morgan fingerprint density at radius 2 is 2.11 bits per heavy atom. The Morgan fingerprint density at radius 3 is 2.79 bits per heavy atom. The van der Waals surface area contributed by atoms with Crippen molar-refractivity contribution in [1.82, 2.24) is 9.78 Å². The van der Waals surface area contributed by atoms with Crippen LogP contribution in [-0.2, 0) is 6.42 Å². The van der Waals surface area contributed by atoms with Crippen molar-refractivity contribution in [2.45, 2.75) is 32.7 Å². The molecule has 2 heterocycles. The molecule has 3 nitrogen and oxygen atoms in total. The largest absolute Gasteiger partial charge is 0.369 e. The minimum Gasteiger partial charge on any atom is -0.369 e. The fourth-order valence-corrected chi connectivity index (χ4v) is 3.30. The Hall–Kier alpha value is -1.29. The van der Waals surface area contributed by atoms with Gasteiger partial charge in [-0.05, 0) is 41.3 Å². The highest BCUT2D eigenvalue weighted by Gasteiger charge is 2.25. The molecule has 3 rings (SSSR count). The van der Waals surface area contributed by atoms with Gasteiger partial charge in [0.1, 0.15) is 5.82 Å². The number of aryl methyl sites for hydroxylation is 2. The number of rotatable bonds is 2. The van der Waals surface area contributed by atoms with Crippen molar-refractivity contribution in [3.63, 3.8) is 0 Å². The Labute approximate surface area is 122 Å². The van der Waals surface area contributed by atoms with E-state index in [0.717, 1.165) is 35.4 Å². The zero-order valence-electron chi connectivity index (χ0n) is 11.3. The molecule has 0 bridgehead atoms. The highest BCUT2D eigenvalue weighted by molar-refractivity contribution is 9.10. The minimum absolute atomic E-state index is 0.341. The van der Waals surface area contributed by atoms with E-state index in [2.05, 4.69) is 64.0 Å². The average Bonchev–Trinajstić information content (AvgIpc) is 2.77. The molecule has 1 aromatic heterocycles. The van der Waals surface area contributed by atoms with E-state index in [1.54, 1.807) is 0 Å². The monoisotopic (exact) mass is 319 g/mol. The van der Waals surface area contributed by atoms with Crippen molar-refractivity contribution >= 4 is 21.7 Å². The molecule has 1 N–H and O–H groups in total. The molecule has 1 aliphatic rings. The van der Waals surface area contributed by atoms with Crippen LogP contribution in [0.2, 0.25) is 0 Å². The molecule has 0 spiro atoms. The summed E-state index contributed by atoms with van der Waals surface area (Å²) in [5.41, 5.74) is 3.77. The summed E-state index contributed by atoms with van der Waals surface area (Å²) in [6, 6.07) is 9.13. The Kier molecular flexibility index (Phi) is 3.35. The van der Waals surface area contributed by atoms with Gasteiger partial charge in [0, 0.05) is 6.54 Å². The second-order valence-electron chi connectivity index (χ2n) is 5.05. The Bertz CT molecular complexity index is 586. The molecule has 0 fully saturated rings. The summed E-state index contributed by atoms with van der Waals surface area (Å²) < 4.78 is 3.25. The van der Waals surface area contributed by atoms with Gasteiger partial charge >= 0.3 is 0 Å². The summed E-state index contributed by atoms with van der Waals surface area (Å²) >= 11 is 3.66. The van der Waals surface area contributed by atoms with E-state index in [1.807, 2.05) is 0 Å². The van der Waals surface area contributed by atoms with Crippen LogP contribution in [-0.4, -0.2) is 16.3 Å². The van der Waals surface area contributed by atoms with Gasteiger partial charge in [0.2, 0.25) is 0 Å². The normalized spacial score (nSPS) is 17.9. The highest BCUT2D eigenvalue weighted by Crippen LogP contribution is 2.36. The van der Waals surface area contributed by atoms with Gasteiger partial charge in [-0.3, -0.25) is 0 Å². The summed E-state index contributed by atoms with van der Waals surface area (Å²) in [7, 11) is 0. The molecular weight excluding hydrogens is 302 g/mol. The van der Waals surface area contributed by atoms with Crippen LogP contribution in [0.25, 0.3) is 0 Å². The van der Waals surface area contributed by atoms with Gasteiger partial charge in [-0.1, -0.05) is 36.8 Å². The summed E-state index contributed by atoms with van der Waals surface area (Å²) in [6.07, 6.45) is 2.02. The van der Waals surface area contributed by atoms with Crippen molar-refractivity contribution in [2.75, 3.05) is 11.9 Å². The Morgan fingerprint density at radius 1 is 1.37 bits per heavy atom. The number of nitrogens with one attached hydrogen (secondary N) is 1. The number of benzene rings is 1. The fraction of sp³-hybridized carbons (Fsp3) is 0.400. The van der Waals surface area contributed by atoms with Crippen molar-refractivity contribution in [3.8, 4) is 0 Å². The number of hydrogen-bond donors (Lipinski definition) is 1. The van der Waals surface area contributed by atoms with Gasteiger partial charge < -0.3 is 5.32 Å². The van der Waals surface area contributed by atoms with Gasteiger partial charge in [-0.2, -0.15) is 5.10 Å². The van der Waals surface area contributed by atoms with Gasteiger partial charge in [0.05, 0.1) is 16.2 Å². The predicted molar refractivity (Wildman–Crippen MR) is 81.7 cm³/mol. The van der Waals surface area contributed by atoms with Crippen molar-refractivity contribution in [3.05, 3.63) is 45.6 Å². The summed E-state index contributed by atoms with van der Waals surface area (Å²) in [4.78, 5) is 0. The van der Waals surface area contributed by atoms with Gasteiger partial charge in [0.25, 0.3) is 0 Å². The van der Waals surface area contributed by atoms with Crippen LogP contribution in [0.15, 0.2) is 28.7 Å². The first-order valence-corrected chi connectivity index (χ1v) is 7.57. The van der Waals surface area contributed by atoms with Crippen molar-refractivity contribution < 1.29 is 0 Å². The van der Waals surface area contributed by atoms with E-state index < -0.39 is 0 Å². The quantitative estimate of drug-likeness (QED) is 0.909. The molecule has 100 valence electrons. The van der Waals surface area contributed by atoms with Crippen LogP contribution in [0, 0.1) is 6.92 Å². The van der Waals surface area contributed by atoms with E-state index >= 15 is 0 Å². The molecule has 19 heavy (non-hydrogen) atoms. The number of anilines is 1. The summed E-state index contributed by atoms with van der Waals surface area (Å²) in [6.45, 7) is 5.25. The molecule has 1 aromatic carbocycles. The van der Waals surface area contributed by atoms with Gasteiger partial charge in [-0.15, -0.1) is 0 Å². The second kappa shape index (κ2) is 5.00. The van der Waals surface area contributed by atoms with Crippen LogP contribution in [0.1, 0.15) is 36.2 Å². The van der Waals surface area contributed by atoms with Crippen LogP contribution < -0.4 is 5.32 Å². The van der Waals surface area contributed by atoms with Crippen LogP contribution in [0.5, 0.6) is 0 Å². The lowest BCUT2D eigenvalue weighted by molar-refractivity contribution is 0.478. The number of fused-ring (bicyclic) bond motifs is 1. The molecule has 0 saturated carbocycles. The number of nitrogens with zero attached hydrogens (tertiary/aromatic N) is 2. The standard InChI is InChI=1S/C15H18BrN3/c1-3-12-14(16)15-17-9-8-13(19(15)18-12)11-6-4-10(2)5-7-11/h4-7,13,17H,3,8-9H2,1-2H3. The first-order chi connectivity index (χ1) is 9.20. The van der Waals surface area contributed by atoms with E-state index in [4.69, 9.17) is 5.10 Å². The Balaban J connectivity index is 2.05. The number of hydrogen-bond acceptors (Lipinski definition) is 2. The molecular formula is C15H18BrN3. The zero-order chi connectivity index (χ0) is 13.4. The molecule has 2 aromatic rings. The van der Waals surface area contributed by atoms with Gasteiger partial charge in [0.15, 0.2) is 0 Å². The van der Waals surface area contributed by atoms with Crippen molar-refractivity contribution in [2.24, 2.45) is 0 Å². The molecule has 0 aliphatic carbocycles. The SMILES string of the molecule is CCc1nn2c(c1Br)NCCC2c1ccc(C)cc1. The third kappa shape index (κ3) is 2.18. The average molecular weight is 320 g/mol. The number of aromatic nitrogens is 2. The number of halogens is 1. The third-order valence-electron chi connectivity index (χ3n) is 3.72. The molecule has 0 radical (unpaired) electrons. The minimum atomic E-state index is 0.341. The lowest BCUT2D eigenvalue weighted by atomic mass is 10.0.